The highest BCUT2D eigenvalue weighted by atomic mass is 79.9. The zero-order valence-corrected chi connectivity index (χ0v) is 12.1. The highest BCUT2D eigenvalue weighted by Gasteiger charge is 2.11. The van der Waals surface area contributed by atoms with Crippen molar-refractivity contribution in [2.45, 2.75) is 25.3 Å². The molecule has 0 heterocycles. The van der Waals surface area contributed by atoms with Crippen LogP contribution in [0.2, 0.25) is 0 Å². The third-order valence-corrected chi connectivity index (χ3v) is 3.65. The smallest absolute Gasteiger partial charge is 0.143 e. The summed E-state index contributed by atoms with van der Waals surface area (Å²) in [6, 6.07) is 3.69. The molecule has 0 aliphatic rings. The second kappa shape index (κ2) is 6.59. The Hall–Kier alpha value is -0.100. The summed E-state index contributed by atoms with van der Waals surface area (Å²) in [4.78, 5) is 0. The van der Waals surface area contributed by atoms with E-state index in [0.29, 0.717) is 15.5 Å². The Kier molecular flexibility index (Phi) is 5.75. The molecule has 1 atom stereocenters. The van der Waals surface area contributed by atoms with E-state index in [1.165, 1.54) is 0 Å². The lowest BCUT2D eigenvalue weighted by Crippen LogP contribution is -2.11. The molecular formula is C11H16Br2N2O. The molecule has 0 radical (unpaired) electrons. The molecule has 0 aromatic heterocycles. The van der Waals surface area contributed by atoms with Gasteiger partial charge in [0, 0.05) is 6.04 Å². The molecule has 0 fully saturated rings. The Labute approximate surface area is 112 Å². The summed E-state index contributed by atoms with van der Waals surface area (Å²) in [6.07, 6.45) is 2.92. The van der Waals surface area contributed by atoms with Crippen LogP contribution < -0.4 is 11.5 Å². The molecule has 0 bridgehead atoms. The molecule has 16 heavy (non-hydrogen) atoms. The van der Waals surface area contributed by atoms with Gasteiger partial charge in [-0.25, -0.2) is 0 Å². The topological polar surface area (TPSA) is 72.3 Å². The standard InChI is InChI=1S/C11H16Br2N2O/c12-8-5-7(6-9(13)11(8)16)10(15)3-1-2-4-14/h5-6,10,16H,1-4,14-15H2/t10-/m1/s1. The van der Waals surface area contributed by atoms with Gasteiger partial charge in [0.2, 0.25) is 0 Å². The molecule has 90 valence electrons. The van der Waals surface area contributed by atoms with Crippen molar-refractivity contribution in [1.29, 1.82) is 0 Å². The first kappa shape index (κ1) is 14.0. The maximum Gasteiger partial charge on any atom is 0.143 e. The monoisotopic (exact) mass is 350 g/mol. The number of phenols is 1. The van der Waals surface area contributed by atoms with Crippen LogP contribution in [0.1, 0.15) is 30.9 Å². The number of unbranched alkanes of at least 4 members (excludes halogenated alkanes) is 1. The van der Waals surface area contributed by atoms with Crippen LogP contribution in [0, 0.1) is 0 Å². The highest BCUT2D eigenvalue weighted by Crippen LogP contribution is 2.35. The maximum atomic E-state index is 9.58. The Morgan fingerprint density at radius 1 is 1.19 bits per heavy atom. The highest BCUT2D eigenvalue weighted by molar-refractivity contribution is 9.11. The zero-order chi connectivity index (χ0) is 12.1. The molecule has 0 saturated heterocycles. The number of aromatic hydroxyl groups is 1. The number of rotatable bonds is 5. The van der Waals surface area contributed by atoms with E-state index in [0.717, 1.165) is 24.8 Å². The number of hydrogen-bond acceptors (Lipinski definition) is 3. The first-order chi connectivity index (χ1) is 7.56. The Morgan fingerprint density at radius 3 is 2.25 bits per heavy atom. The molecule has 1 rings (SSSR count). The van der Waals surface area contributed by atoms with Gasteiger partial charge in [0.25, 0.3) is 0 Å². The van der Waals surface area contributed by atoms with Gasteiger partial charge in [0.1, 0.15) is 5.75 Å². The van der Waals surface area contributed by atoms with Gasteiger partial charge in [0.05, 0.1) is 8.95 Å². The van der Waals surface area contributed by atoms with Crippen molar-refractivity contribution in [2.75, 3.05) is 6.54 Å². The van der Waals surface area contributed by atoms with Gasteiger partial charge in [-0.2, -0.15) is 0 Å². The van der Waals surface area contributed by atoms with E-state index in [1.54, 1.807) is 0 Å². The molecule has 0 unspecified atom stereocenters. The molecule has 1 aromatic carbocycles. The minimum Gasteiger partial charge on any atom is -0.506 e. The van der Waals surface area contributed by atoms with E-state index in [2.05, 4.69) is 31.9 Å². The first-order valence-electron chi connectivity index (χ1n) is 5.19. The summed E-state index contributed by atoms with van der Waals surface area (Å²) in [6.45, 7) is 0.704. The van der Waals surface area contributed by atoms with Gasteiger partial charge in [-0.15, -0.1) is 0 Å². The molecule has 5 N–H and O–H groups in total. The Bertz CT molecular complexity index is 335. The minimum atomic E-state index is -0.0141. The van der Waals surface area contributed by atoms with E-state index in [4.69, 9.17) is 11.5 Å². The molecule has 0 amide bonds. The van der Waals surface area contributed by atoms with Crippen molar-refractivity contribution < 1.29 is 5.11 Å². The molecule has 0 spiro atoms. The van der Waals surface area contributed by atoms with Gasteiger partial charge in [0.15, 0.2) is 0 Å². The summed E-state index contributed by atoms with van der Waals surface area (Å²) >= 11 is 6.58. The molecular weight excluding hydrogens is 336 g/mol. The summed E-state index contributed by atoms with van der Waals surface area (Å²) in [5.74, 6) is 0.206. The SMILES string of the molecule is NCCCC[C@@H](N)c1cc(Br)c(O)c(Br)c1. The quantitative estimate of drug-likeness (QED) is 0.714. The van der Waals surface area contributed by atoms with E-state index < -0.39 is 0 Å². The average molecular weight is 352 g/mol. The first-order valence-corrected chi connectivity index (χ1v) is 6.78. The summed E-state index contributed by atoms with van der Waals surface area (Å²) < 4.78 is 1.32. The van der Waals surface area contributed by atoms with E-state index >= 15 is 0 Å². The molecule has 0 aliphatic carbocycles. The van der Waals surface area contributed by atoms with Gasteiger partial charge in [-0.05, 0) is 68.9 Å². The number of benzene rings is 1. The second-order valence-electron chi connectivity index (χ2n) is 3.72. The second-order valence-corrected chi connectivity index (χ2v) is 5.43. The van der Waals surface area contributed by atoms with Gasteiger partial charge in [-0.3, -0.25) is 0 Å². The third kappa shape index (κ3) is 3.73. The number of halogens is 2. The fraction of sp³-hybridized carbons (Fsp3) is 0.455. The predicted molar refractivity (Wildman–Crippen MR) is 73.3 cm³/mol. The van der Waals surface area contributed by atoms with E-state index in [9.17, 15) is 5.11 Å². The van der Waals surface area contributed by atoms with Crippen LogP contribution in [-0.2, 0) is 0 Å². The van der Waals surface area contributed by atoms with Crippen LogP contribution in [0.15, 0.2) is 21.1 Å². The normalized spacial score (nSPS) is 12.8. The van der Waals surface area contributed by atoms with Crippen LogP contribution in [-0.4, -0.2) is 11.7 Å². The third-order valence-electron chi connectivity index (χ3n) is 2.44. The molecule has 0 saturated carbocycles. The summed E-state index contributed by atoms with van der Waals surface area (Å²) in [5, 5.41) is 9.58. The molecule has 1 aromatic rings. The van der Waals surface area contributed by atoms with Crippen molar-refractivity contribution in [3.05, 3.63) is 26.6 Å². The lowest BCUT2D eigenvalue weighted by molar-refractivity contribution is 0.467. The van der Waals surface area contributed by atoms with Gasteiger partial charge < -0.3 is 16.6 Å². The van der Waals surface area contributed by atoms with E-state index in [-0.39, 0.29) is 11.8 Å². The molecule has 0 aliphatic heterocycles. The molecule has 5 heteroatoms. The average Bonchev–Trinajstić information content (AvgIpc) is 2.25. The lowest BCUT2D eigenvalue weighted by atomic mass is 10.0. The van der Waals surface area contributed by atoms with Crippen molar-refractivity contribution >= 4 is 31.9 Å². The van der Waals surface area contributed by atoms with Crippen molar-refractivity contribution in [3.8, 4) is 5.75 Å². The number of hydrogen-bond donors (Lipinski definition) is 3. The predicted octanol–water partition coefficient (Wildman–Crippen LogP) is 3.05. The minimum absolute atomic E-state index is 0.0141. The van der Waals surface area contributed by atoms with Crippen LogP contribution in [0.5, 0.6) is 5.75 Å². The zero-order valence-electron chi connectivity index (χ0n) is 8.92. The van der Waals surface area contributed by atoms with Crippen molar-refractivity contribution in [2.24, 2.45) is 11.5 Å². The van der Waals surface area contributed by atoms with Gasteiger partial charge in [-0.1, -0.05) is 6.42 Å². The van der Waals surface area contributed by atoms with Crippen molar-refractivity contribution in [3.63, 3.8) is 0 Å². The molecule has 3 nitrogen and oxygen atoms in total. The van der Waals surface area contributed by atoms with Gasteiger partial charge >= 0.3 is 0 Å². The van der Waals surface area contributed by atoms with Crippen LogP contribution >= 0.6 is 31.9 Å². The lowest BCUT2D eigenvalue weighted by Gasteiger charge is -2.13. The Morgan fingerprint density at radius 2 is 1.75 bits per heavy atom. The van der Waals surface area contributed by atoms with Crippen molar-refractivity contribution in [1.82, 2.24) is 0 Å². The largest absolute Gasteiger partial charge is 0.506 e. The number of phenolic OH excluding ortho intramolecular Hbond substituents is 1. The van der Waals surface area contributed by atoms with Crippen LogP contribution in [0.4, 0.5) is 0 Å². The number of nitrogens with two attached hydrogens (primary N) is 2. The fourth-order valence-electron chi connectivity index (χ4n) is 1.47. The Balaban J connectivity index is 2.72. The maximum absolute atomic E-state index is 9.58. The fourth-order valence-corrected chi connectivity index (χ4v) is 2.70. The van der Waals surface area contributed by atoms with Crippen LogP contribution in [0.25, 0.3) is 0 Å². The summed E-state index contributed by atoms with van der Waals surface area (Å²) in [7, 11) is 0. The van der Waals surface area contributed by atoms with Crippen LogP contribution in [0.3, 0.4) is 0 Å². The summed E-state index contributed by atoms with van der Waals surface area (Å²) in [5.41, 5.74) is 12.5. The van der Waals surface area contributed by atoms with E-state index in [1.807, 2.05) is 12.1 Å².